The van der Waals surface area contributed by atoms with Gasteiger partial charge in [-0.1, -0.05) is 103 Å². The van der Waals surface area contributed by atoms with E-state index >= 15 is 0 Å². The molecule has 0 aromatic heterocycles. The number of anilines is 9. The molecule has 0 atom stereocenters. The molecule has 8 nitrogen and oxygen atoms in total. The van der Waals surface area contributed by atoms with Crippen molar-refractivity contribution in [2.24, 2.45) is 9.98 Å². The molecular weight excluding hydrogens is 839 g/mol. The number of nitrogens with zero attached hydrogens (tertiary/aromatic N) is 5. The second kappa shape index (κ2) is 16.4. The SMILES string of the molecule is C1=C(c2ccc(N3c4ccccc4Oc4ccccc43)cc2)N=C(c2ccc(N3c4ccccc4Oc4ccccc43)cc2)N=C(c2ccc(N3c4ccccc4Oc4ccccc43)cc2)CC1. The van der Waals surface area contributed by atoms with Gasteiger partial charge in [0, 0.05) is 28.2 Å². The zero-order chi connectivity index (χ0) is 45.0. The molecule has 0 unspecified atom stereocenters. The van der Waals surface area contributed by atoms with Gasteiger partial charge in [-0.25, -0.2) is 9.98 Å². The van der Waals surface area contributed by atoms with Gasteiger partial charge in [-0.3, -0.25) is 0 Å². The van der Waals surface area contributed by atoms with Gasteiger partial charge >= 0.3 is 0 Å². The van der Waals surface area contributed by atoms with E-state index in [4.69, 9.17) is 24.2 Å². The number of para-hydroxylation sites is 12. The lowest BCUT2D eigenvalue weighted by atomic mass is 10.0. The van der Waals surface area contributed by atoms with Crippen LogP contribution in [0.1, 0.15) is 29.5 Å². The zero-order valence-electron chi connectivity index (χ0n) is 36.7. The summed E-state index contributed by atoms with van der Waals surface area (Å²) in [7, 11) is 0. The molecule has 0 saturated heterocycles. The maximum atomic E-state index is 6.33. The van der Waals surface area contributed by atoms with Crippen molar-refractivity contribution >= 4 is 68.4 Å². The fourth-order valence-electron chi connectivity index (χ4n) is 9.53. The molecule has 0 bridgehead atoms. The van der Waals surface area contributed by atoms with E-state index < -0.39 is 0 Å². The largest absolute Gasteiger partial charge is 0.453 e. The molecule has 13 rings (SSSR count). The lowest BCUT2D eigenvalue weighted by Crippen LogP contribution is -2.16. The minimum absolute atomic E-state index is 0.639. The van der Waals surface area contributed by atoms with Crippen molar-refractivity contribution < 1.29 is 14.2 Å². The van der Waals surface area contributed by atoms with Gasteiger partial charge in [-0.05, 0) is 140 Å². The summed E-state index contributed by atoms with van der Waals surface area (Å²) < 4.78 is 18.9. The topological polar surface area (TPSA) is 62.1 Å². The van der Waals surface area contributed by atoms with Crippen LogP contribution in [0.3, 0.4) is 0 Å². The highest BCUT2D eigenvalue weighted by Gasteiger charge is 2.28. The Balaban J connectivity index is 0.880. The molecule has 68 heavy (non-hydrogen) atoms. The lowest BCUT2D eigenvalue weighted by Gasteiger charge is -2.33. The molecule has 0 fully saturated rings. The second-order valence-corrected chi connectivity index (χ2v) is 16.9. The third-order valence-corrected chi connectivity index (χ3v) is 12.7. The number of ether oxygens (including phenoxy) is 3. The average Bonchev–Trinajstić information content (AvgIpc) is 3.39. The molecule has 0 spiro atoms. The van der Waals surface area contributed by atoms with E-state index in [2.05, 4.69) is 130 Å². The van der Waals surface area contributed by atoms with Crippen LogP contribution in [0.15, 0.2) is 234 Å². The van der Waals surface area contributed by atoms with Gasteiger partial charge in [0.15, 0.2) is 40.3 Å². The first-order chi connectivity index (χ1) is 33.7. The number of benzene rings is 9. The quantitative estimate of drug-likeness (QED) is 0.166. The summed E-state index contributed by atoms with van der Waals surface area (Å²) in [6.45, 7) is 0. The van der Waals surface area contributed by atoms with Crippen LogP contribution >= 0.6 is 0 Å². The molecular formula is C60H41N5O3. The average molecular weight is 880 g/mol. The molecule has 0 amide bonds. The molecule has 4 aliphatic rings. The van der Waals surface area contributed by atoms with E-state index in [1.54, 1.807) is 0 Å². The molecule has 0 N–H and O–H groups in total. The second-order valence-electron chi connectivity index (χ2n) is 16.9. The van der Waals surface area contributed by atoms with Crippen LogP contribution < -0.4 is 28.9 Å². The highest BCUT2D eigenvalue weighted by molar-refractivity contribution is 6.14. The van der Waals surface area contributed by atoms with Crippen LogP contribution in [-0.2, 0) is 0 Å². The van der Waals surface area contributed by atoms with Crippen molar-refractivity contribution in [1.82, 2.24) is 0 Å². The standard InChI is InChI=1S/C60H41N5O3/c1-7-22-54-48(16-1)63(49-17-2-8-23-55(49)66-54)43-34-28-40(29-35-43)46-14-13-15-47(41-30-36-44(37-31-41)64-50-18-3-9-24-56(50)67-57-25-10-4-19-51(57)64)62-60(61-46)42-32-38-45(39-33-42)65-52-20-5-11-26-58(52)68-59-27-12-6-21-53(59)65/h1-12,14,16-39H,13,15H2. The summed E-state index contributed by atoms with van der Waals surface area (Å²) in [6, 6.07) is 74.8. The van der Waals surface area contributed by atoms with Crippen LogP contribution in [0.4, 0.5) is 51.2 Å². The first-order valence-electron chi connectivity index (χ1n) is 22.9. The minimum Gasteiger partial charge on any atom is -0.453 e. The van der Waals surface area contributed by atoms with Gasteiger partial charge in [0.2, 0.25) is 0 Å². The number of hydrogen-bond donors (Lipinski definition) is 0. The zero-order valence-corrected chi connectivity index (χ0v) is 36.7. The number of aliphatic imine (C=N–C) groups is 2. The summed E-state index contributed by atoms with van der Waals surface area (Å²) >= 11 is 0. The molecule has 324 valence electrons. The fourth-order valence-corrected chi connectivity index (χ4v) is 9.53. The highest BCUT2D eigenvalue weighted by Crippen LogP contribution is 2.53. The Hall–Kier alpha value is -9.14. The van der Waals surface area contributed by atoms with E-state index in [0.29, 0.717) is 5.84 Å². The van der Waals surface area contributed by atoms with E-state index in [1.165, 1.54) is 0 Å². The molecule has 4 heterocycles. The molecule has 0 aliphatic carbocycles. The maximum absolute atomic E-state index is 6.33. The molecule has 0 radical (unpaired) electrons. The third-order valence-electron chi connectivity index (χ3n) is 12.7. The van der Waals surface area contributed by atoms with E-state index in [9.17, 15) is 0 Å². The minimum atomic E-state index is 0.639. The first-order valence-corrected chi connectivity index (χ1v) is 22.9. The van der Waals surface area contributed by atoms with Gasteiger partial charge < -0.3 is 28.9 Å². The Morgan fingerprint density at radius 1 is 0.309 bits per heavy atom. The van der Waals surface area contributed by atoms with E-state index in [-0.39, 0.29) is 0 Å². The summed E-state index contributed by atoms with van der Waals surface area (Å²) in [5.74, 6) is 5.54. The number of fused-ring (bicyclic) bond motifs is 6. The summed E-state index contributed by atoms with van der Waals surface area (Å²) in [4.78, 5) is 17.6. The molecule has 8 heteroatoms. The molecule has 9 aromatic carbocycles. The van der Waals surface area contributed by atoms with Gasteiger partial charge in [0.05, 0.1) is 45.5 Å². The number of allylic oxidation sites excluding steroid dienone is 1. The first kappa shape index (κ1) is 39.2. The van der Waals surface area contributed by atoms with Crippen molar-refractivity contribution in [1.29, 1.82) is 0 Å². The van der Waals surface area contributed by atoms with E-state index in [0.717, 1.165) is 127 Å². The molecule has 4 aliphatic heterocycles. The Morgan fingerprint density at radius 3 is 0.971 bits per heavy atom. The van der Waals surface area contributed by atoms with Gasteiger partial charge in [-0.2, -0.15) is 0 Å². The fraction of sp³-hybridized carbons (Fsp3) is 0.0333. The van der Waals surface area contributed by atoms with E-state index in [1.807, 2.05) is 109 Å². The summed E-state index contributed by atoms with van der Waals surface area (Å²) in [5.41, 5.74) is 13.8. The Labute approximate surface area is 394 Å². The number of amidine groups is 1. The summed E-state index contributed by atoms with van der Waals surface area (Å²) in [6.07, 6.45) is 3.73. The van der Waals surface area contributed by atoms with Crippen molar-refractivity contribution in [3.05, 3.63) is 241 Å². The van der Waals surface area contributed by atoms with Crippen LogP contribution in [-0.4, -0.2) is 11.5 Å². The van der Waals surface area contributed by atoms with Gasteiger partial charge in [0.25, 0.3) is 0 Å². The predicted molar refractivity (Wildman–Crippen MR) is 274 cm³/mol. The number of hydrogen-bond acceptors (Lipinski definition) is 8. The number of rotatable bonds is 6. The highest BCUT2D eigenvalue weighted by atomic mass is 16.5. The summed E-state index contributed by atoms with van der Waals surface area (Å²) in [5, 5.41) is 0. The maximum Gasteiger partial charge on any atom is 0.160 e. The van der Waals surface area contributed by atoms with Gasteiger partial charge in [0.1, 0.15) is 0 Å². The Bertz CT molecular complexity index is 3370. The Morgan fingerprint density at radius 2 is 0.618 bits per heavy atom. The van der Waals surface area contributed by atoms with Crippen molar-refractivity contribution in [3.63, 3.8) is 0 Å². The molecule has 9 aromatic rings. The van der Waals surface area contributed by atoms with Crippen molar-refractivity contribution in [2.45, 2.75) is 12.8 Å². The monoisotopic (exact) mass is 879 g/mol. The smallest absolute Gasteiger partial charge is 0.160 e. The normalized spacial score (nSPS) is 14.3. The third kappa shape index (κ3) is 6.86. The van der Waals surface area contributed by atoms with Crippen molar-refractivity contribution in [3.8, 4) is 34.5 Å². The Kier molecular flexibility index (Phi) is 9.45. The van der Waals surface area contributed by atoms with Crippen LogP contribution in [0.25, 0.3) is 5.70 Å². The van der Waals surface area contributed by atoms with Crippen LogP contribution in [0.2, 0.25) is 0 Å². The predicted octanol–water partition coefficient (Wildman–Crippen LogP) is 16.5. The van der Waals surface area contributed by atoms with Crippen LogP contribution in [0.5, 0.6) is 34.5 Å². The van der Waals surface area contributed by atoms with Crippen molar-refractivity contribution in [2.75, 3.05) is 14.7 Å². The van der Waals surface area contributed by atoms with Crippen LogP contribution in [0, 0.1) is 0 Å². The van der Waals surface area contributed by atoms with Gasteiger partial charge in [-0.15, -0.1) is 0 Å². The lowest BCUT2D eigenvalue weighted by molar-refractivity contribution is 0.477. The molecule has 0 saturated carbocycles.